The van der Waals surface area contributed by atoms with Crippen molar-refractivity contribution >= 4 is 58.7 Å². The molecule has 0 atom stereocenters. The first-order valence-corrected chi connectivity index (χ1v) is 31.5. The van der Waals surface area contributed by atoms with Gasteiger partial charge >= 0.3 is 23.9 Å². The summed E-state index contributed by atoms with van der Waals surface area (Å²) in [7, 11) is 2.74. The summed E-state index contributed by atoms with van der Waals surface area (Å²) in [5, 5.41) is 58.4. The molecule has 0 spiro atoms. The van der Waals surface area contributed by atoms with Gasteiger partial charge in [0.1, 0.15) is 23.0 Å². The number of benzene rings is 4. The van der Waals surface area contributed by atoms with Gasteiger partial charge in [0.25, 0.3) is 5.56 Å². The molecule has 4 N–H and O–H groups in total. The number of carboxylic acid groups (broad SMARTS) is 2. The summed E-state index contributed by atoms with van der Waals surface area (Å²) >= 11 is 17.9. The van der Waals surface area contributed by atoms with Crippen LogP contribution in [0.1, 0.15) is 174 Å². The standard InChI is InChI=1S/C18H21ClN2O3.C17H19ClN2O3.C17H20N2O4.C11H14O3.C8H11ClN2/c1-10(2)14-9-15(20-21-18(14)19)24-17-11(3)6-13(7-12(17)4)8-16(22)23-5;1-9(2)13-8-14(19-20-17(13)18)23-16-10(3)5-12(6-11(16)4)7-15(21)22;1-9(2)13-8-14(18-19-17(13)22)23-16-10(3)5-12(6-11(16)4)7-15(20)21;1-7-4-9(6-10(12)14-3)5-8(2)11(7)13;1-5(2)7-4-6(3)10-11-8(7)9/h6-7,9-10H,8H2,1-5H3;5-6,8-9H,7H2,1-4H3,(H,21,22);5-6,8-9H,7H2,1-4H3,(H,19,22)(H,20,21);4-5,13H,6H2,1-3H3;4-5H,1-3H3. The lowest BCUT2D eigenvalue weighted by atomic mass is 10.0. The van der Waals surface area contributed by atoms with Gasteiger partial charge in [-0.25, -0.2) is 5.10 Å². The zero-order valence-electron chi connectivity index (χ0n) is 57.3. The highest BCUT2D eigenvalue weighted by atomic mass is 35.5. The van der Waals surface area contributed by atoms with Crippen LogP contribution in [-0.2, 0) is 54.3 Å². The molecule has 0 fully saturated rings. The lowest BCUT2D eigenvalue weighted by molar-refractivity contribution is -0.140. The summed E-state index contributed by atoms with van der Waals surface area (Å²) in [5.41, 5.74) is 14.1. The fraction of sp³-hybridized carbons (Fsp3) is 0.380. The summed E-state index contributed by atoms with van der Waals surface area (Å²) in [5.74, 6) is 1.98. The number of aryl methyl sites for hydroxylation is 9. The van der Waals surface area contributed by atoms with E-state index in [2.05, 4.69) is 59.4 Å². The van der Waals surface area contributed by atoms with Crippen LogP contribution in [0.3, 0.4) is 0 Å². The molecule has 95 heavy (non-hydrogen) atoms. The van der Waals surface area contributed by atoms with Gasteiger partial charge in [0.2, 0.25) is 17.6 Å². The Morgan fingerprint density at radius 3 is 1.00 bits per heavy atom. The fourth-order valence-electron chi connectivity index (χ4n) is 9.63. The van der Waals surface area contributed by atoms with E-state index in [4.69, 9.17) is 64.0 Å². The van der Waals surface area contributed by atoms with Gasteiger partial charge in [-0.05, 0) is 176 Å². The van der Waals surface area contributed by atoms with E-state index in [1.807, 2.05) is 134 Å². The molecule has 4 aromatic carbocycles. The van der Waals surface area contributed by atoms with E-state index in [1.54, 1.807) is 42.5 Å². The molecule has 8 aromatic rings. The second-order valence-corrected chi connectivity index (χ2v) is 25.0. The third kappa shape index (κ3) is 24.3. The number of nitrogens with one attached hydrogen (secondary N) is 1. The number of ether oxygens (including phenoxy) is 5. The second kappa shape index (κ2) is 36.6. The van der Waals surface area contributed by atoms with Crippen molar-refractivity contribution in [3.63, 3.8) is 0 Å². The Balaban J connectivity index is 0.000000259. The van der Waals surface area contributed by atoms with Crippen molar-refractivity contribution < 1.29 is 58.2 Å². The average molecular weight is 1360 g/mol. The van der Waals surface area contributed by atoms with E-state index in [9.17, 15) is 29.1 Å². The molecular formula is C71H85Cl3N8O13. The van der Waals surface area contributed by atoms with Crippen LogP contribution in [0, 0.1) is 62.3 Å². The van der Waals surface area contributed by atoms with E-state index in [0.717, 1.165) is 89.1 Å². The fourth-order valence-corrected chi connectivity index (χ4v) is 10.6. The molecule has 21 nitrogen and oxygen atoms in total. The number of aromatic hydroxyl groups is 1. The maximum atomic E-state index is 11.7. The number of esters is 2. The highest BCUT2D eigenvalue weighted by Crippen LogP contribution is 2.35. The van der Waals surface area contributed by atoms with Crippen LogP contribution < -0.4 is 19.8 Å². The SMILES string of the molecule is COC(=O)Cc1cc(C)c(O)c(C)c1.COC(=O)Cc1cc(C)c(Oc2cc(C(C)C)c(Cl)nn2)c(C)c1.Cc1cc(C(C)C)c(Cl)nn1.Cc1cc(CC(=O)O)cc(C)c1Oc1cc(C(C)C)c(=O)[nH]n1.Cc1cc(CC(=O)O)cc(C)c1Oc1cc(C(C)C)c(Cl)nn1. The minimum Gasteiger partial charge on any atom is -0.507 e. The Morgan fingerprint density at radius 2 is 0.695 bits per heavy atom. The summed E-state index contributed by atoms with van der Waals surface area (Å²) in [6, 6.07) is 21.8. The second-order valence-electron chi connectivity index (χ2n) is 23.9. The number of carbonyl (C=O) groups excluding carboxylic acids is 2. The molecule has 0 saturated heterocycles. The first kappa shape index (κ1) is 78.4. The number of aromatic amines is 1. The van der Waals surface area contributed by atoms with Crippen molar-refractivity contribution in [2.24, 2.45) is 0 Å². The highest BCUT2D eigenvalue weighted by Gasteiger charge is 2.18. The molecule has 0 aliphatic carbocycles. The third-order valence-corrected chi connectivity index (χ3v) is 15.2. The Morgan fingerprint density at radius 1 is 0.411 bits per heavy atom. The average Bonchev–Trinajstić information content (AvgIpc) is 0.839. The highest BCUT2D eigenvalue weighted by molar-refractivity contribution is 6.30. The Kier molecular flexibility index (Phi) is 30.2. The number of H-pyrrole nitrogens is 1. The zero-order chi connectivity index (χ0) is 71.3. The van der Waals surface area contributed by atoms with Gasteiger partial charge in [0.15, 0.2) is 15.5 Å². The van der Waals surface area contributed by atoms with Crippen molar-refractivity contribution in [3.05, 3.63) is 193 Å². The lowest BCUT2D eigenvalue weighted by Crippen LogP contribution is -2.15. The normalized spacial score (nSPS) is 10.7. The van der Waals surface area contributed by atoms with Crippen molar-refractivity contribution in [2.75, 3.05) is 14.2 Å². The Labute approximate surface area is 569 Å². The van der Waals surface area contributed by atoms with Crippen molar-refractivity contribution in [2.45, 2.75) is 167 Å². The molecule has 0 unspecified atom stereocenters. The van der Waals surface area contributed by atoms with E-state index in [1.165, 1.54) is 14.2 Å². The van der Waals surface area contributed by atoms with Gasteiger partial charge in [-0.2, -0.15) is 5.10 Å². The van der Waals surface area contributed by atoms with Crippen LogP contribution in [0.2, 0.25) is 15.5 Å². The summed E-state index contributed by atoms with van der Waals surface area (Å²) in [4.78, 5) is 55.8. The molecule has 0 saturated carbocycles. The molecule has 24 heteroatoms. The quantitative estimate of drug-likeness (QED) is 0.0580. The molecule has 4 aromatic heterocycles. The molecule has 0 aliphatic rings. The molecule has 4 heterocycles. The number of methoxy groups -OCH3 is 2. The molecule has 0 amide bonds. The molecule has 0 bridgehead atoms. The van der Waals surface area contributed by atoms with Crippen LogP contribution >= 0.6 is 34.8 Å². The first-order valence-electron chi connectivity index (χ1n) is 30.4. The summed E-state index contributed by atoms with van der Waals surface area (Å²) < 4.78 is 26.9. The Bertz CT molecular complexity index is 3990. The van der Waals surface area contributed by atoms with Crippen molar-refractivity contribution in [3.8, 4) is 40.6 Å². The molecule has 8 rings (SSSR count). The summed E-state index contributed by atoms with van der Waals surface area (Å²) in [6.07, 6.45) is 0.436. The van der Waals surface area contributed by atoms with Crippen LogP contribution in [-0.4, -0.2) is 94.2 Å². The molecule has 0 radical (unpaired) electrons. The topological polar surface area (TPSA) is 298 Å². The maximum Gasteiger partial charge on any atom is 0.309 e. The summed E-state index contributed by atoms with van der Waals surface area (Å²) in [6.45, 7) is 32.9. The van der Waals surface area contributed by atoms with Crippen molar-refractivity contribution in [1.82, 2.24) is 40.8 Å². The number of phenolic OH excluding ortho intramolecular Hbond substituents is 1. The molecule has 508 valence electrons. The number of nitrogens with zero attached hydrogens (tertiary/aromatic N) is 7. The van der Waals surface area contributed by atoms with E-state index < -0.39 is 11.9 Å². The minimum absolute atomic E-state index is 0.0137. The van der Waals surface area contributed by atoms with Crippen LogP contribution in [0.4, 0.5) is 0 Å². The lowest BCUT2D eigenvalue weighted by Gasteiger charge is -2.14. The molecular weight excluding hydrogens is 1280 g/mol. The maximum absolute atomic E-state index is 11.7. The number of carbonyl (C=O) groups is 4. The number of rotatable bonds is 18. The Hall–Kier alpha value is -9.05. The predicted molar refractivity (Wildman–Crippen MR) is 367 cm³/mol. The van der Waals surface area contributed by atoms with Gasteiger partial charge in [-0.15, -0.1) is 30.6 Å². The van der Waals surface area contributed by atoms with Crippen LogP contribution in [0.5, 0.6) is 40.6 Å². The van der Waals surface area contributed by atoms with Gasteiger partial charge in [-0.1, -0.05) is 139 Å². The largest absolute Gasteiger partial charge is 0.507 e. The number of aliphatic carboxylic acids is 2. The van der Waals surface area contributed by atoms with E-state index >= 15 is 0 Å². The number of aromatic nitrogens is 8. The zero-order valence-corrected chi connectivity index (χ0v) is 59.5. The van der Waals surface area contributed by atoms with Crippen molar-refractivity contribution in [1.29, 1.82) is 0 Å². The number of halogens is 3. The molecule has 0 aliphatic heterocycles. The van der Waals surface area contributed by atoms with Crippen LogP contribution in [0.25, 0.3) is 0 Å². The van der Waals surface area contributed by atoms with Crippen LogP contribution in [0.15, 0.2) is 77.6 Å². The van der Waals surface area contributed by atoms with Gasteiger partial charge in [0.05, 0.1) is 45.6 Å². The van der Waals surface area contributed by atoms with Gasteiger partial charge < -0.3 is 39.0 Å². The van der Waals surface area contributed by atoms with Gasteiger partial charge in [-0.3, -0.25) is 24.0 Å². The number of carboxylic acids is 2. The number of phenols is 1. The first-order chi connectivity index (χ1) is 44.5. The number of hydrogen-bond donors (Lipinski definition) is 4. The van der Waals surface area contributed by atoms with E-state index in [0.29, 0.717) is 67.6 Å². The van der Waals surface area contributed by atoms with E-state index in [-0.39, 0.29) is 60.9 Å². The van der Waals surface area contributed by atoms with Gasteiger partial charge in [0, 0.05) is 23.8 Å². The monoisotopic (exact) mass is 1360 g/mol. The predicted octanol–water partition coefficient (Wildman–Crippen LogP) is 15.9. The smallest absolute Gasteiger partial charge is 0.309 e. The number of hydrogen-bond acceptors (Lipinski definition) is 18. The minimum atomic E-state index is -0.874. The third-order valence-electron chi connectivity index (χ3n) is 14.3.